The van der Waals surface area contributed by atoms with Crippen LogP contribution in [0, 0.1) is 5.92 Å². The van der Waals surface area contributed by atoms with Crippen LogP contribution in [0.25, 0.3) is 0 Å². The van der Waals surface area contributed by atoms with Crippen molar-refractivity contribution in [3.05, 3.63) is 29.8 Å². The first kappa shape index (κ1) is 14.5. The predicted molar refractivity (Wildman–Crippen MR) is 76.1 cm³/mol. The molecular weight excluding hydrogens is 241 g/mol. The van der Waals surface area contributed by atoms with Crippen LogP contribution in [0.15, 0.2) is 24.3 Å². The van der Waals surface area contributed by atoms with E-state index in [9.17, 15) is 10.0 Å². The number of hydrogen-bond donors (Lipinski definition) is 2. The fraction of sp³-hybridized carbons (Fsp3) is 0.571. The highest BCUT2D eigenvalue weighted by Crippen LogP contribution is 2.18. The van der Waals surface area contributed by atoms with E-state index in [1.165, 1.54) is 12.8 Å². The topological polar surface area (TPSA) is 52.9 Å². The van der Waals surface area contributed by atoms with E-state index in [4.69, 9.17) is 4.74 Å². The van der Waals surface area contributed by atoms with E-state index < -0.39 is 7.12 Å². The van der Waals surface area contributed by atoms with Crippen LogP contribution in [0.1, 0.15) is 18.4 Å². The number of rotatable bonds is 5. The minimum absolute atomic E-state index is 0.558. The Bertz CT molecular complexity index is 398. The first-order chi connectivity index (χ1) is 9.19. The lowest BCUT2D eigenvalue weighted by molar-refractivity contribution is 0.0874. The molecule has 0 radical (unpaired) electrons. The zero-order chi connectivity index (χ0) is 13.7. The van der Waals surface area contributed by atoms with Crippen LogP contribution in [0.5, 0.6) is 0 Å². The Kier molecular flexibility index (Phi) is 5.40. The normalized spacial score (nSPS) is 20.5. The van der Waals surface area contributed by atoms with Gasteiger partial charge in [-0.25, -0.2) is 0 Å². The van der Waals surface area contributed by atoms with Crippen LogP contribution < -0.4 is 5.46 Å². The van der Waals surface area contributed by atoms with Crippen LogP contribution in [0.4, 0.5) is 0 Å². The summed E-state index contributed by atoms with van der Waals surface area (Å²) in [4.78, 5) is 2.41. The molecule has 2 N–H and O–H groups in total. The summed E-state index contributed by atoms with van der Waals surface area (Å²) in [5.41, 5.74) is 1.69. The van der Waals surface area contributed by atoms with Gasteiger partial charge in [0.1, 0.15) is 0 Å². The van der Waals surface area contributed by atoms with Gasteiger partial charge in [-0.2, -0.15) is 0 Å². The van der Waals surface area contributed by atoms with Crippen LogP contribution in [-0.4, -0.2) is 48.9 Å². The Labute approximate surface area is 115 Å². The van der Waals surface area contributed by atoms with Crippen molar-refractivity contribution >= 4 is 12.6 Å². The van der Waals surface area contributed by atoms with Crippen molar-refractivity contribution in [1.29, 1.82) is 0 Å². The third-order valence-electron chi connectivity index (χ3n) is 3.66. The summed E-state index contributed by atoms with van der Waals surface area (Å²) in [6.07, 6.45) is 2.44. The van der Waals surface area contributed by atoms with E-state index in [2.05, 4.69) is 4.90 Å². The number of nitrogens with zero attached hydrogens (tertiary/aromatic N) is 1. The molecule has 1 fully saturated rings. The van der Waals surface area contributed by atoms with Gasteiger partial charge >= 0.3 is 7.12 Å². The fourth-order valence-electron chi connectivity index (χ4n) is 2.78. The number of likely N-dealkylation sites (tertiary alicyclic amines) is 1. The molecule has 1 aliphatic rings. The van der Waals surface area contributed by atoms with Crippen molar-refractivity contribution in [2.24, 2.45) is 5.92 Å². The lowest BCUT2D eigenvalue weighted by Crippen LogP contribution is -2.37. The molecule has 0 bridgehead atoms. The highest BCUT2D eigenvalue weighted by Gasteiger charge is 2.20. The minimum atomic E-state index is -1.39. The average Bonchev–Trinajstić information content (AvgIpc) is 2.40. The molecule has 1 unspecified atom stereocenters. The molecule has 0 spiro atoms. The largest absolute Gasteiger partial charge is 0.488 e. The smallest absolute Gasteiger partial charge is 0.423 e. The molecule has 2 rings (SSSR count). The van der Waals surface area contributed by atoms with Crippen LogP contribution >= 0.6 is 0 Å². The first-order valence-corrected chi connectivity index (χ1v) is 6.85. The molecule has 0 saturated carbocycles. The summed E-state index contributed by atoms with van der Waals surface area (Å²) in [7, 11) is 0.368. The molecule has 1 atom stereocenters. The van der Waals surface area contributed by atoms with Gasteiger partial charge in [-0.15, -0.1) is 0 Å². The summed E-state index contributed by atoms with van der Waals surface area (Å²) in [6, 6.07) is 7.51. The van der Waals surface area contributed by atoms with E-state index in [1.807, 2.05) is 18.2 Å². The Morgan fingerprint density at radius 2 is 2.26 bits per heavy atom. The summed E-state index contributed by atoms with van der Waals surface area (Å²) in [5, 5.41) is 18.4. The molecule has 19 heavy (non-hydrogen) atoms. The minimum Gasteiger partial charge on any atom is -0.423 e. The fourth-order valence-corrected chi connectivity index (χ4v) is 2.78. The SMILES string of the molecule is COCC1CCCN(Cc2cccc(B(O)O)c2)C1. The van der Waals surface area contributed by atoms with Crippen molar-refractivity contribution < 1.29 is 14.8 Å². The second-order valence-corrected chi connectivity index (χ2v) is 5.32. The molecule has 0 aliphatic carbocycles. The average molecular weight is 263 g/mol. The van der Waals surface area contributed by atoms with E-state index >= 15 is 0 Å². The predicted octanol–water partition coefficient (Wildman–Crippen LogP) is 0.225. The quantitative estimate of drug-likeness (QED) is 0.746. The monoisotopic (exact) mass is 263 g/mol. The Hall–Kier alpha value is -0.875. The maximum atomic E-state index is 9.19. The Morgan fingerprint density at radius 3 is 3.00 bits per heavy atom. The van der Waals surface area contributed by atoms with Crippen molar-refractivity contribution in [2.75, 3.05) is 26.8 Å². The van der Waals surface area contributed by atoms with Gasteiger partial charge in [-0.1, -0.05) is 24.3 Å². The molecular formula is C14H22BNO3. The van der Waals surface area contributed by atoms with Gasteiger partial charge in [0.2, 0.25) is 0 Å². The van der Waals surface area contributed by atoms with Gasteiger partial charge in [0.25, 0.3) is 0 Å². The molecule has 4 nitrogen and oxygen atoms in total. The van der Waals surface area contributed by atoms with Crippen molar-refractivity contribution in [1.82, 2.24) is 4.90 Å². The van der Waals surface area contributed by atoms with Crippen molar-refractivity contribution in [3.8, 4) is 0 Å². The van der Waals surface area contributed by atoms with E-state index in [0.717, 1.165) is 31.8 Å². The molecule has 0 aromatic heterocycles. The van der Waals surface area contributed by atoms with Gasteiger partial charge < -0.3 is 14.8 Å². The maximum Gasteiger partial charge on any atom is 0.488 e. The van der Waals surface area contributed by atoms with Crippen molar-refractivity contribution in [3.63, 3.8) is 0 Å². The van der Waals surface area contributed by atoms with E-state index in [-0.39, 0.29) is 0 Å². The lowest BCUT2D eigenvalue weighted by atomic mass is 9.79. The van der Waals surface area contributed by atoms with Crippen LogP contribution in [0.3, 0.4) is 0 Å². The number of hydrogen-bond acceptors (Lipinski definition) is 4. The molecule has 1 saturated heterocycles. The van der Waals surface area contributed by atoms with Crippen molar-refractivity contribution in [2.45, 2.75) is 19.4 Å². The first-order valence-electron chi connectivity index (χ1n) is 6.85. The molecule has 1 aliphatic heterocycles. The van der Waals surface area contributed by atoms with E-state index in [1.54, 1.807) is 13.2 Å². The number of methoxy groups -OCH3 is 1. The van der Waals surface area contributed by atoms with Gasteiger partial charge in [0, 0.05) is 20.2 Å². The Morgan fingerprint density at radius 1 is 1.42 bits per heavy atom. The van der Waals surface area contributed by atoms with Gasteiger partial charge in [-0.05, 0) is 36.3 Å². The molecule has 1 aromatic carbocycles. The molecule has 0 amide bonds. The standard InChI is InChI=1S/C14H22BNO3/c1-19-11-13-5-3-7-16(10-13)9-12-4-2-6-14(8-12)15(17)18/h2,4,6,8,13,17-18H,3,5,7,9-11H2,1H3. The Balaban J connectivity index is 1.94. The highest BCUT2D eigenvalue weighted by atomic mass is 16.5. The van der Waals surface area contributed by atoms with E-state index in [0.29, 0.717) is 11.4 Å². The number of benzene rings is 1. The zero-order valence-corrected chi connectivity index (χ0v) is 11.5. The summed E-state index contributed by atoms with van der Waals surface area (Å²) < 4.78 is 5.24. The number of ether oxygens (including phenoxy) is 1. The molecule has 1 aromatic rings. The molecule has 5 heteroatoms. The second-order valence-electron chi connectivity index (χ2n) is 5.32. The number of piperidine rings is 1. The van der Waals surface area contributed by atoms with Crippen LogP contribution in [0.2, 0.25) is 0 Å². The van der Waals surface area contributed by atoms with Gasteiger partial charge in [0.05, 0.1) is 6.61 Å². The van der Waals surface area contributed by atoms with Gasteiger partial charge in [-0.3, -0.25) is 4.90 Å². The summed E-state index contributed by atoms with van der Waals surface area (Å²) >= 11 is 0. The zero-order valence-electron chi connectivity index (χ0n) is 11.5. The summed E-state index contributed by atoms with van der Waals surface area (Å²) in [5.74, 6) is 0.616. The molecule has 104 valence electrons. The summed E-state index contributed by atoms with van der Waals surface area (Å²) in [6.45, 7) is 3.85. The third-order valence-corrected chi connectivity index (χ3v) is 3.66. The second kappa shape index (κ2) is 7.05. The van der Waals surface area contributed by atoms with Gasteiger partial charge in [0.15, 0.2) is 0 Å². The van der Waals surface area contributed by atoms with Crippen LogP contribution in [-0.2, 0) is 11.3 Å². The lowest BCUT2D eigenvalue weighted by Gasteiger charge is -2.32. The molecule has 1 heterocycles. The maximum absolute atomic E-state index is 9.19. The highest BCUT2D eigenvalue weighted by molar-refractivity contribution is 6.58. The third kappa shape index (κ3) is 4.32.